The van der Waals surface area contributed by atoms with E-state index >= 15 is 0 Å². The van der Waals surface area contributed by atoms with Gasteiger partial charge in [-0.3, -0.25) is 0 Å². The van der Waals surface area contributed by atoms with E-state index in [1.165, 1.54) is 12.1 Å². The van der Waals surface area contributed by atoms with Crippen LogP contribution in [-0.4, -0.2) is 5.11 Å². The molecule has 0 fully saturated rings. The number of benzene rings is 2. The van der Waals surface area contributed by atoms with E-state index in [0.29, 0.717) is 25.6 Å². The molecule has 0 saturated heterocycles. The predicted octanol–water partition coefficient (Wildman–Crippen LogP) is 5.17. The fourth-order valence-corrected chi connectivity index (χ4v) is 2.84. The molecule has 1 N–H and O–H groups in total. The maximum absolute atomic E-state index is 13.3. The molecule has 0 aromatic heterocycles. The van der Waals surface area contributed by atoms with E-state index in [9.17, 15) is 9.50 Å². The molecular weight excluding hydrogens is 354 g/mol. The summed E-state index contributed by atoms with van der Waals surface area (Å²) in [5.41, 5.74) is 1.13. The number of aliphatic hydroxyl groups is 1. The van der Waals surface area contributed by atoms with Crippen LogP contribution >= 0.6 is 39.1 Å². The van der Waals surface area contributed by atoms with Crippen LogP contribution in [0.4, 0.5) is 4.39 Å². The van der Waals surface area contributed by atoms with E-state index in [1.807, 2.05) is 0 Å². The molecule has 2 aromatic rings. The van der Waals surface area contributed by atoms with Crippen molar-refractivity contribution in [3.05, 3.63) is 67.9 Å². The normalized spacial score (nSPS) is 12.5. The molecule has 0 radical (unpaired) electrons. The van der Waals surface area contributed by atoms with Gasteiger partial charge in [-0.2, -0.15) is 0 Å². The van der Waals surface area contributed by atoms with Gasteiger partial charge >= 0.3 is 0 Å². The molecule has 0 heterocycles. The second-order valence-electron chi connectivity index (χ2n) is 4.12. The highest BCUT2D eigenvalue weighted by Gasteiger charge is 2.14. The predicted molar refractivity (Wildman–Crippen MR) is 79.2 cm³/mol. The highest BCUT2D eigenvalue weighted by atomic mass is 79.9. The summed E-state index contributed by atoms with van der Waals surface area (Å²) < 4.78 is 13.9. The zero-order chi connectivity index (χ0) is 14.0. The summed E-state index contributed by atoms with van der Waals surface area (Å²) in [6.45, 7) is 0. The summed E-state index contributed by atoms with van der Waals surface area (Å²) >= 11 is 15.3. The van der Waals surface area contributed by atoms with Gasteiger partial charge in [-0.05, 0) is 41.5 Å². The van der Waals surface area contributed by atoms with Crippen molar-refractivity contribution >= 4 is 39.1 Å². The van der Waals surface area contributed by atoms with Gasteiger partial charge in [0.2, 0.25) is 0 Å². The molecule has 2 aromatic carbocycles. The fraction of sp³-hybridized carbons (Fsp3) is 0.143. The van der Waals surface area contributed by atoms with Gasteiger partial charge in [-0.15, -0.1) is 0 Å². The SMILES string of the molecule is OC(Cc1c(Cl)cccc1Cl)c1cc(F)cc(Br)c1. The van der Waals surface area contributed by atoms with Gasteiger partial charge in [0.05, 0.1) is 6.10 Å². The monoisotopic (exact) mass is 362 g/mol. The highest BCUT2D eigenvalue weighted by molar-refractivity contribution is 9.10. The molecule has 0 aliphatic rings. The Hall–Kier alpha value is -0.610. The Morgan fingerprint density at radius 3 is 2.37 bits per heavy atom. The summed E-state index contributed by atoms with van der Waals surface area (Å²) in [5, 5.41) is 11.1. The zero-order valence-corrected chi connectivity index (χ0v) is 12.8. The van der Waals surface area contributed by atoms with Crippen LogP contribution in [0.25, 0.3) is 0 Å². The lowest BCUT2D eigenvalue weighted by molar-refractivity contribution is 0.178. The lowest BCUT2D eigenvalue weighted by Gasteiger charge is -2.14. The van der Waals surface area contributed by atoms with Gasteiger partial charge < -0.3 is 5.11 Å². The topological polar surface area (TPSA) is 20.2 Å². The van der Waals surface area contributed by atoms with Crippen LogP contribution in [0.1, 0.15) is 17.2 Å². The van der Waals surface area contributed by atoms with Crippen molar-refractivity contribution in [2.45, 2.75) is 12.5 Å². The maximum Gasteiger partial charge on any atom is 0.124 e. The largest absolute Gasteiger partial charge is 0.388 e. The van der Waals surface area contributed by atoms with Gasteiger partial charge in [-0.1, -0.05) is 45.2 Å². The van der Waals surface area contributed by atoms with Gasteiger partial charge in [0.25, 0.3) is 0 Å². The summed E-state index contributed by atoms with van der Waals surface area (Å²) in [5.74, 6) is -0.409. The van der Waals surface area contributed by atoms with Crippen LogP contribution in [0.3, 0.4) is 0 Å². The summed E-state index contributed by atoms with van der Waals surface area (Å²) in [4.78, 5) is 0. The van der Waals surface area contributed by atoms with Gasteiger partial charge in [0.1, 0.15) is 5.82 Å². The minimum Gasteiger partial charge on any atom is -0.388 e. The Kier molecular flexibility index (Phi) is 4.85. The first kappa shape index (κ1) is 14.8. The van der Waals surface area contributed by atoms with Gasteiger partial charge in [0.15, 0.2) is 0 Å². The summed E-state index contributed by atoms with van der Waals surface area (Å²) in [6, 6.07) is 9.44. The van der Waals surface area contributed by atoms with E-state index in [4.69, 9.17) is 23.2 Å². The Labute approximate surface area is 129 Å². The molecule has 0 bridgehead atoms. The highest BCUT2D eigenvalue weighted by Crippen LogP contribution is 2.30. The number of hydrogen-bond donors (Lipinski definition) is 1. The van der Waals surface area contributed by atoms with Crippen molar-refractivity contribution in [2.75, 3.05) is 0 Å². The summed E-state index contributed by atoms with van der Waals surface area (Å²) in [6.07, 6.45) is -0.640. The molecule has 100 valence electrons. The van der Waals surface area contributed by atoms with E-state index in [2.05, 4.69) is 15.9 Å². The second kappa shape index (κ2) is 6.23. The molecular formula is C14H10BrCl2FO. The van der Waals surface area contributed by atoms with Crippen molar-refractivity contribution in [1.29, 1.82) is 0 Å². The van der Waals surface area contributed by atoms with Gasteiger partial charge in [-0.25, -0.2) is 4.39 Å². The average Bonchev–Trinajstić information content (AvgIpc) is 2.32. The Morgan fingerprint density at radius 1 is 1.16 bits per heavy atom. The second-order valence-corrected chi connectivity index (χ2v) is 5.85. The van der Waals surface area contributed by atoms with Crippen molar-refractivity contribution in [2.24, 2.45) is 0 Å². The minimum atomic E-state index is -0.871. The van der Waals surface area contributed by atoms with Crippen molar-refractivity contribution < 1.29 is 9.50 Å². The first-order valence-electron chi connectivity index (χ1n) is 5.54. The molecule has 0 amide bonds. The first-order chi connectivity index (χ1) is 8.97. The third kappa shape index (κ3) is 3.69. The number of hydrogen-bond acceptors (Lipinski definition) is 1. The third-order valence-electron chi connectivity index (χ3n) is 2.73. The Balaban J connectivity index is 2.28. The molecule has 0 aliphatic heterocycles. The van der Waals surface area contributed by atoms with Crippen LogP contribution in [-0.2, 0) is 6.42 Å². The lowest BCUT2D eigenvalue weighted by Crippen LogP contribution is -2.03. The molecule has 2 rings (SSSR count). The van der Waals surface area contributed by atoms with E-state index in [-0.39, 0.29) is 6.42 Å². The van der Waals surface area contributed by atoms with Crippen molar-refractivity contribution in [1.82, 2.24) is 0 Å². The quantitative estimate of drug-likeness (QED) is 0.797. The molecule has 19 heavy (non-hydrogen) atoms. The average molecular weight is 364 g/mol. The third-order valence-corrected chi connectivity index (χ3v) is 3.89. The van der Waals surface area contributed by atoms with Crippen LogP contribution in [0.2, 0.25) is 10.0 Å². The smallest absolute Gasteiger partial charge is 0.124 e. The molecule has 0 spiro atoms. The molecule has 0 saturated carbocycles. The van der Waals surface area contributed by atoms with Crippen LogP contribution in [0.15, 0.2) is 40.9 Å². The minimum absolute atomic E-state index is 0.231. The van der Waals surface area contributed by atoms with Crippen LogP contribution in [0.5, 0.6) is 0 Å². The Morgan fingerprint density at radius 2 is 1.79 bits per heavy atom. The zero-order valence-electron chi connectivity index (χ0n) is 9.71. The molecule has 0 aliphatic carbocycles. The van der Waals surface area contributed by atoms with E-state index < -0.39 is 11.9 Å². The van der Waals surface area contributed by atoms with E-state index in [0.717, 1.165) is 0 Å². The summed E-state index contributed by atoms with van der Waals surface area (Å²) in [7, 11) is 0. The molecule has 5 heteroatoms. The van der Waals surface area contributed by atoms with Crippen LogP contribution in [0, 0.1) is 5.82 Å². The number of aliphatic hydroxyl groups excluding tert-OH is 1. The fourth-order valence-electron chi connectivity index (χ4n) is 1.81. The molecule has 1 nitrogen and oxygen atoms in total. The maximum atomic E-state index is 13.3. The lowest BCUT2D eigenvalue weighted by atomic mass is 10.0. The molecule has 1 unspecified atom stereocenters. The first-order valence-corrected chi connectivity index (χ1v) is 7.09. The molecule has 1 atom stereocenters. The van der Waals surface area contributed by atoms with Crippen molar-refractivity contribution in [3.63, 3.8) is 0 Å². The standard InChI is InChI=1S/C14H10BrCl2FO/c15-9-4-8(5-10(18)6-9)14(19)7-11-12(16)2-1-3-13(11)17/h1-6,14,19H,7H2. The van der Waals surface area contributed by atoms with Gasteiger partial charge in [0, 0.05) is 20.9 Å². The van der Waals surface area contributed by atoms with Crippen molar-refractivity contribution in [3.8, 4) is 0 Å². The number of rotatable bonds is 3. The number of halogens is 4. The van der Waals surface area contributed by atoms with Crippen LogP contribution < -0.4 is 0 Å². The Bertz CT molecular complexity index is 563. The van der Waals surface area contributed by atoms with E-state index in [1.54, 1.807) is 24.3 Å².